The fourth-order valence-electron chi connectivity index (χ4n) is 3.80. The minimum atomic E-state index is -0.893. The van der Waals surface area contributed by atoms with Crippen LogP contribution in [0.5, 0.6) is 5.75 Å². The highest BCUT2D eigenvalue weighted by atomic mass is 79.9. The number of aliphatic carboxylic acids is 1. The van der Waals surface area contributed by atoms with E-state index in [0.29, 0.717) is 28.2 Å². The van der Waals surface area contributed by atoms with Crippen LogP contribution in [0.25, 0.3) is 0 Å². The molecule has 1 amide bonds. The molecule has 22 heavy (non-hydrogen) atoms. The van der Waals surface area contributed by atoms with Gasteiger partial charge in [-0.15, -0.1) is 0 Å². The zero-order chi connectivity index (χ0) is 15.9. The number of rotatable bonds is 3. The number of nitrogens with zero attached hydrogens (tertiary/aromatic N) is 1. The Morgan fingerprint density at radius 1 is 1.36 bits per heavy atom. The summed E-state index contributed by atoms with van der Waals surface area (Å²) in [5, 5.41) is 9.54. The first-order valence-electron chi connectivity index (χ1n) is 7.40. The molecule has 1 heterocycles. The maximum absolute atomic E-state index is 12.7. The van der Waals surface area contributed by atoms with Gasteiger partial charge in [0.05, 0.1) is 11.6 Å². The van der Waals surface area contributed by atoms with E-state index in [2.05, 4.69) is 15.9 Å². The predicted molar refractivity (Wildman–Crippen MR) is 84.0 cm³/mol. The van der Waals surface area contributed by atoms with Crippen molar-refractivity contribution in [2.45, 2.75) is 25.3 Å². The number of amides is 1. The van der Waals surface area contributed by atoms with Crippen molar-refractivity contribution < 1.29 is 19.4 Å². The molecule has 1 saturated heterocycles. The van der Waals surface area contributed by atoms with Crippen LogP contribution in [0.4, 0.5) is 0 Å². The van der Waals surface area contributed by atoms with Gasteiger partial charge in [0.25, 0.3) is 5.91 Å². The van der Waals surface area contributed by atoms with E-state index in [0.717, 1.165) is 19.3 Å². The summed E-state index contributed by atoms with van der Waals surface area (Å²) in [7, 11) is 1.56. The van der Waals surface area contributed by atoms with Crippen LogP contribution in [-0.4, -0.2) is 41.6 Å². The van der Waals surface area contributed by atoms with Crippen LogP contribution in [0.1, 0.15) is 29.6 Å². The Hall–Kier alpha value is -1.56. The summed E-state index contributed by atoms with van der Waals surface area (Å²) >= 11 is 3.36. The molecule has 0 aromatic heterocycles. The fourth-order valence-corrected chi connectivity index (χ4v) is 4.34. The molecule has 0 bridgehead atoms. The second-order valence-electron chi connectivity index (χ2n) is 5.94. The topological polar surface area (TPSA) is 66.8 Å². The molecular formula is C16H18BrNO4. The summed E-state index contributed by atoms with van der Waals surface area (Å²) in [5.74, 6) is -0.0417. The highest BCUT2D eigenvalue weighted by Crippen LogP contribution is 2.43. The number of halogens is 1. The summed E-state index contributed by atoms with van der Waals surface area (Å²) in [5.41, 5.74) is 0.485. The lowest BCUT2D eigenvalue weighted by Gasteiger charge is -2.24. The highest BCUT2D eigenvalue weighted by molar-refractivity contribution is 9.10. The summed E-state index contributed by atoms with van der Waals surface area (Å²) in [6.07, 6.45) is 2.98. The van der Waals surface area contributed by atoms with E-state index in [4.69, 9.17) is 4.74 Å². The number of ether oxygens (including phenoxy) is 1. The number of likely N-dealkylation sites (tertiary alicyclic amines) is 1. The number of carbonyl (C=O) groups is 2. The van der Waals surface area contributed by atoms with Crippen molar-refractivity contribution in [3.8, 4) is 5.75 Å². The second-order valence-corrected chi connectivity index (χ2v) is 6.80. The van der Waals surface area contributed by atoms with E-state index in [-0.39, 0.29) is 11.8 Å². The summed E-state index contributed by atoms with van der Waals surface area (Å²) < 4.78 is 5.85. The molecule has 118 valence electrons. The molecule has 1 aromatic carbocycles. The van der Waals surface area contributed by atoms with E-state index in [1.165, 1.54) is 4.90 Å². The molecule has 3 atom stereocenters. The van der Waals surface area contributed by atoms with E-state index in [1.54, 1.807) is 25.3 Å². The molecule has 1 aromatic rings. The first-order valence-corrected chi connectivity index (χ1v) is 8.19. The lowest BCUT2D eigenvalue weighted by molar-refractivity contribution is -0.142. The molecule has 0 radical (unpaired) electrons. The first kappa shape index (κ1) is 15.3. The lowest BCUT2D eigenvalue weighted by Crippen LogP contribution is -2.43. The number of hydrogen-bond acceptors (Lipinski definition) is 3. The Morgan fingerprint density at radius 3 is 2.77 bits per heavy atom. The summed E-state index contributed by atoms with van der Waals surface area (Å²) in [6, 6.07) is 4.39. The first-order chi connectivity index (χ1) is 10.5. The zero-order valence-corrected chi connectivity index (χ0v) is 13.9. The molecule has 1 aliphatic heterocycles. The van der Waals surface area contributed by atoms with Crippen LogP contribution in [0.2, 0.25) is 0 Å². The van der Waals surface area contributed by atoms with Crippen molar-refractivity contribution in [2.24, 2.45) is 11.8 Å². The quantitative estimate of drug-likeness (QED) is 0.891. The fraction of sp³-hybridized carbons (Fsp3) is 0.500. The van der Waals surface area contributed by atoms with Crippen molar-refractivity contribution in [3.05, 3.63) is 28.2 Å². The van der Waals surface area contributed by atoms with Crippen LogP contribution in [-0.2, 0) is 4.79 Å². The summed E-state index contributed by atoms with van der Waals surface area (Å²) in [6.45, 7) is 0.546. The van der Waals surface area contributed by atoms with Gasteiger partial charge in [-0.25, -0.2) is 4.79 Å². The SMILES string of the molecule is COc1ccc(C(=O)N2CC3CCCC3C2C(=O)O)cc1Br. The van der Waals surface area contributed by atoms with Gasteiger partial charge in [-0.05, 0) is 58.8 Å². The van der Waals surface area contributed by atoms with E-state index in [9.17, 15) is 14.7 Å². The Balaban J connectivity index is 1.88. The smallest absolute Gasteiger partial charge is 0.326 e. The van der Waals surface area contributed by atoms with Crippen LogP contribution < -0.4 is 4.74 Å². The Kier molecular flexibility index (Phi) is 4.12. The van der Waals surface area contributed by atoms with Gasteiger partial charge >= 0.3 is 5.97 Å². The number of carbonyl (C=O) groups excluding carboxylic acids is 1. The van der Waals surface area contributed by atoms with Crippen molar-refractivity contribution >= 4 is 27.8 Å². The third-order valence-electron chi connectivity index (χ3n) is 4.80. The third-order valence-corrected chi connectivity index (χ3v) is 5.42. The Labute approximate surface area is 137 Å². The molecule has 2 aliphatic rings. The van der Waals surface area contributed by atoms with Gasteiger partial charge < -0.3 is 14.7 Å². The second kappa shape index (κ2) is 5.91. The minimum absolute atomic E-state index is 0.100. The van der Waals surface area contributed by atoms with Gasteiger partial charge in [-0.1, -0.05) is 6.42 Å². The van der Waals surface area contributed by atoms with Crippen molar-refractivity contribution in [2.75, 3.05) is 13.7 Å². The molecule has 1 N–H and O–H groups in total. The highest BCUT2D eigenvalue weighted by Gasteiger charge is 2.49. The van der Waals surface area contributed by atoms with Gasteiger partial charge in [0.2, 0.25) is 0 Å². The predicted octanol–water partition coefficient (Wildman–Crippen LogP) is 2.78. The average Bonchev–Trinajstić information content (AvgIpc) is 3.06. The number of carboxylic acid groups (broad SMARTS) is 1. The third kappa shape index (κ3) is 2.49. The lowest BCUT2D eigenvalue weighted by atomic mass is 9.94. The van der Waals surface area contributed by atoms with Gasteiger partial charge in [-0.3, -0.25) is 4.79 Å². The standard InChI is InChI=1S/C16H18BrNO4/c1-22-13-6-5-9(7-12(13)17)15(19)18-8-10-3-2-4-11(10)14(18)16(20)21/h5-7,10-11,14H,2-4,8H2,1H3,(H,20,21). The Morgan fingerprint density at radius 2 is 2.14 bits per heavy atom. The molecule has 3 rings (SSSR count). The molecule has 5 nitrogen and oxygen atoms in total. The molecule has 2 fully saturated rings. The molecule has 6 heteroatoms. The maximum Gasteiger partial charge on any atom is 0.326 e. The number of hydrogen-bond donors (Lipinski definition) is 1. The zero-order valence-electron chi connectivity index (χ0n) is 12.3. The normalized spacial score (nSPS) is 26.8. The van der Waals surface area contributed by atoms with Crippen molar-refractivity contribution in [3.63, 3.8) is 0 Å². The largest absolute Gasteiger partial charge is 0.496 e. The van der Waals surface area contributed by atoms with Gasteiger partial charge in [0, 0.05) is 12.1 Å². The van der Waals surface area contributed by atoms with E-state index >= 15 is 0 Å². The van der Waals surface area contributed by atoms with Crippen LogP contribution >= 0.6 is 15.9 Å². The average molecular weight is 368 g/mol. The van der Waals surface area contributed by atoms with Crippen LogP contribution in [0.15, 0.2) is 22.7 Å². The van der Waals surface area contributed by atoms with E-state index in [1.807, 2.05) is 0 Å². The van der Waals surface area contributed by atoms with Crippen molar-refractivity contribution in [1.82, 2.24) is 4.90 Å². The number of methoxy groups -OCH3 is 1. The monoisotopic (exact) mass is 367 g/mol. The minimum Gasteiger partial charge on any atom is -0.496 e. The molecular weight excluding hydrogens is 350 g/mol. The Bertz CT molecular complexity index is 618. The van der Waals surface area contributed by atoms with Crippen LogP contribution in [0, 0.1) is 11.8 Å². The van der Waals surface area contributed by atoms with Crippen LogP contribution in [0.3, 0.4) is 0 Å². The number of carboxylic acids is 1. The molecule has 1 saturated carbocycles. The number of benzene rings is 1. The molecule has 3 unspecified atom stereocenters. The van der Waals surface area contributed by atoms with Gasteiger partial charge in [0.15, 0.2) is 0 Å². The maximum atomic E-state index is 12.7. The van der Waals surface area contributed by atoms with Gasteiger partial charge in [0.1, 0.15) is 11.8 Å². The molecule has 1 aliphatic carbocycles. The van der Waals surface area contributed by atoms with Gasteiger partial charge in [-0.2, -0.15) is 0 Å². The number of fused-ring (bicyclic) bond motifs is 1. The molecule has 0 spiro atoms. The van der Waals surface area contributed by atoms with E-state index < -0.39 is 12.0 Å². The summed E-state index contributed by atoms with van der Waals surface area (Å²) in [4.78, 5) is 25.9. The van der Waals surface area contributed by atoms with Crippen molar-refractivity contribution in [1.29, 1.82) is 0 Å².